The monoisotopic (exact) mass is 507 g/mol. The van der Waals surface area contributed by atoms with Crippen LogP contribution in [-0.4, -0.2) is 56.8 Å². The second-order valence-electron chi connectivity index (χ2n) is 11.3. The normalized spacial score (nSPS) is 37.9. The Morgan fingerprint density at radius 3 is 2.63 bits per heavy atom. The van der Waals surface area contributed by atoms with E-state index in [1.165, 1.54) is 11.3 Å². The Hall–Kier alpha value is -1.61. The average molecular weight is 508 g/mol. The summed E-state index contributed by atoms with van der Waals surface area (Å²) < 4.78 is 14.2. The third kappa shape index (κ3) is 6.59. The molecule has 3 rings (SSSR count). The number of ketones is 1. The van der Waals surface area contributed by atoms with Crippen molar-refractivity contribution < 1.29 is 25.9 Å². The fourth-order valence-corrected chi connectivity index (χ4v) is 5.63. The molecule has 35 heavy (non-hydrogen) atoms. The second-order valence-corrected chi connectivity index (χ2v) is 12.3. The molecule has 8 heteroatoms. The van der Waals surface area contributed by atoms with Gasteiger partial charge in [0.15, 0.2) is 0 Å². The highest BCUT2D eigenvalue weighted by molar-refractivity contribution is 7.09. The summed E-state index contributed by atoms with van der Waals surface area (Å²) in [4.78, 5) is 30.7. The molecule has 4 unspecified atom stereocenters. The number of nitrogens with one attached hydrogen (secondary N) is 1. The van der Waals surface area contributed by atoms with Crippen LogP contribution in [0.4, 0.5) is 0 Å². The number of thiazole rings is 1. The third-order valence-electron chi connectivity index (χ3n) is 8.00. The van der Waals surface area contributed by atoms with Crippen molar-refractivity contribution in [3.05, 3.63) is 21.6 Å². The number of nitrogens with zero attached hydrogens (tertiary/aromatic N) is 1. The van der Waals surface area contributed by atoms with E-state index in [2.05, 4.69) is 17.2 Å². The molecule has 1 amide bonds. The number of epoxide rings is 1. The number of rotatable bonds is 2. The molecule has 0 radical (unpaired) electrons. The minimum Gasteiger partial charge on any atom is -0.392 e. The first-order valence-electron chi connectivity index (χ1n) is 13.2. The molecular formula is C27H42N2O5S. The van der Waals surface area contributed by atoms with Crippen molar-refractivity contribution in [3.8, 4) is 0 Å². The number of amides is 1. The van der Waals surface area contributed by atoms with Crippen LogP contribution in [0.5, 0.6) is 0 Å². The zero-order valence-corrected chi connectivity index (χ0v) is 22.9. The molecular weight excluding hydrogens is 464 g/mol. The highest BCUT2D eigenvalue weighted by atomic mass is 32.1. The SMILES string of the molecule is [2H]c1sc(C)nc1/C=C(\C)[C@@H]1CC2O[C@]2(C)CCCC(C)[C@H](O)C(C)C(=O)C(C)(C)C(O)CC(=O)N1. The highest BCUT2D eigenvalue weighted by Gasteiger charge is 2.52. The Morgan fingerprint density at radius 1 is 1.31 bits per heavy atom. The largest absolute Gasteiger partial charge is 0.392 e. The van der Waals surface area contributed by atoms with Crippen molar-refractivity contribution in [2.75, 3.05) is 0 Å². The van der Waals surface area contributed by atoms with Crippen molar-refractivity contribution in [2.24, 2.45) is 17.3 Å². The number of aryl methyl sites for hydroxylation is 1. The summed E-state index contributed by atoms with van der Waals surface area (Å²) in [5.41, 5.74) is -0.0580. The Labute approximate surface area is 214 Å². The highest BCUT2D eigenvalue weighted by Crippen LogP contribution is 2.44. The lowest BCUT2D eigenvalue weighted by Crippen LogP contribution is -2.47. The van der Waals surface area contributed by atoms with E-state index in [1.54, 1.807) is 20.8 Å². The summed E-state index contributed by atoms with van der Waals surface area (Å²) in [5, 5.41) is 26.0. The van der Waals surface area contributed by atoms with Crippen LogP contribution in [0.15, 0.2) is 10.9 Å². The lowest BCUT2D eigenvalue weighted by Gasteiger charge is -2.34. The first-order chi connectivity index (χ1) is 16.7. The van der Waals surface area contributed by atoms with Crippen molar-refractivity contribution in [2.45, 2.75) is 111 Å². The van der Waals surface area contributed by atoms with Gasteiger partial charge >= 0.3 is 0 Å². The Kier molecular flexibility index (Phi) is 8.15. The number of aromatic nitrogens is 1. The number of aliphatic hydroxyl groups is 2. The number of carbonyl (C=O) groups excluding carboxylic acids is 2. The molecule has 2 aliphatic rings. The predicted octanol–water partition coefficient (Wildman–Crippen LogP) is 4.05. The van der Waals surface area contributed by atoms with E-state index in [9.17, 15) is 19.8 Å². The Morgan fingerprint density at radius 2 is 2.00 bits per heavy atom. The molecule has 3 N–H and O–H groups in total. The number of ether oxygens (including phenoxy) is 1. The zero-order chi connectivity index (χ0) is 27.0. The van der Waals surface area contributed by atoms with Crippen LogP contribution in [0.2, 0.25) is 0 Å². The van der Waals surface area contributed by atoms with Gasteiger partial charge in [-0.25, -0.2) is 4.98 Å². The zero-order valence-electron chi connectivity index (χ0n) is 23.1. The van der Waals surface area contributed by atoms with E-state index in [1.807, 2.05) is 26.8 Å². The first-order valence-corrected chi connectivity index (χ1v) is 13.5. The van der Waals surface area contributed by atoms with E-state index in [0.29, 0.717) is 17.5 Å². The van der Waals surface area contributed by atoms with Crippen LogP contribution in [0, 0.1) is 24.2 Å². The lowest BCUT2D eigenvalue weighted by molar-refractivity contribution is -0.143. The van der Waals surface area contributed by atoms with Gasteiger partial charge in [-0.2, -0.15) is 0 Å². The molecule has 0 aliphatic carbocycles. The molecule has 7 atom stereocenters. The van der Waals surface area contributed by atoms with Crippen LogP contribution in [0.3, 0.4) is 0 Å². The van der Waals surface area contributed by atoms with Crippen molar-refractivity contribution in [1.29, 1.82) is 0 Å². The fourth-order valence-electron chi connectivity index (χ4n) is 5.13. The molecule has 1 aromatic heterocycles. The summed E-state index contributed by atoms with van der Waals surface area (Å²) in [6, 6.07) is -0.357. The van der Waals surface area contributed by atoms with Gasteiger partial charge in [-0.05, 0) is 51.2 Å². The van der Waals surface area contributed by atoms with Gasteiger partial charge in [0.25, 0.3) is 0 Å². The molecule has 0 bridgehead atoms. The Balaban J connectivity index is 1.88. The summed E-state index contributed by atoms with van der Waals surface area (Å²) in [7, 11) is 0. The summed E-state index contributed by atoms with van der Waals surface area (Å²) in [5.74, 6) is -1.34. The standard InChI is InChI=1S/C27H42N2O5S/c1-15-9-8-10-27(7)22(34-27)12-20(16(2)11-19-14-35-18(4)28-19)29-23(31)13-21(30)26(5,6)25(33)17(3)24(15)32/h11,14-15,17,20-22,24,30,32H,8-10,12-13H2,1-7H3,(H,29,31)/b16-11+/t15?,17?,20-,21?,22?,24-,27+/m0/s1/i14D. The number of aliphatic hydroxyl groups excluding tert-OH is 2. The maximum Gasteiger partial charge on any atom is 0.223 e. The van der Waals surface area contributed by atoms with Crippen molar-refractivity contribution in [1.82, 2.24) is 10.3 Å². The van der Waals surface area contributed by atoms with E-state index in [-0.39, 0.29) is 41.8 Å². The molecule has 2 saturated heterocycles. The van der Waals surface area contributed by atoms with Gasteiger partial charge in [-0.1, -0.05) is 34.1 Å². The number of carbonyl (C=O) groups is 2. The Bertz CT molecular complexity index is 1010. The number of hydrogen-bond acceptors (Lipinski definition) is 7. The molecule has 1 aromatic rings. The smallest absolute Gasteiger partial charge is 0.223 e. The maximum atomic E-state index is 13.2. The van der Waals surface area contributed by atoms with E-state index < -0.39 is 23.5 Å². The van der Waals surface area contributed by atoms with Crippen LogP contribution < -0.4 is 5.32 Å². The van der Waals surface area contributed by atoms with Crippen molar-refractivity contribution in [3.63, 3.8) is 0 Å². The van der Waals surface area contributed by atoms with Gasteiger partial charge in [-0.15, -0.1) is 11.3 Å². The quantitative estimate of drug-likeness (QED) is 0.521. The van der Waals surface area contributed by atoms with Gasteiger partial charge in [0, 0.05) is 17.7 Å². The molecule has 0 saturated carbocycles. The van der Waals surface area contributed by atoms with E-state index in [0.717, 1.165) is 29.8 Å². The number of hydrogen-bond donors (Lipinski definition) is 3. The molecule has 196 valence electrons. The number of Topliss-reactive ketones (excluding diaryl/α,β-unsaturated/α-hetero) is 1. The molecule has 3 heterocycles. The first kappa shape index (κ1) is 26.5. The summed E-state index contributed by atoms with van der Waals surface area (Å²) in [6.07, 6.45) is 2.56. The summed E-state index contributed by atoms with van der Waals surface area (Å²) in [6.45, 7) is 12.8. The fraction of sp³-hybridized carbons (Fsp3) is 0.741. The van der Waals surface area contributed by atoms with Crippen LogP contribution in [0.1, 0.15) is 85.7 Å². The van der Waals surface area contributed by atoms with Crippen LogP contribution in [-0.2, 0) is 14.3 Å². The van der Waals surface area contributed by atoms with Gasteiger partial charge < -0.3 is 20.3 Å². The third-order valence-corrected chi connectivity index (χ3v) is 8.70. The van der Waals surface area contributed by atoms with Crippen LogP contribution >= 0.6 is 11.3 Å². The molecule has 2 fully saturated rings. The lowest BCUT2D eigenvalue weighted by atomic mass is 9.72. The van der Waals surface area contributed by atoms with Crippen molar-refractivity contribution >= 4 is 29.1 Å². The van der Waals surface area contributed by atoms with E-state index in [4.69, 9.17) is 6.11 Å². The molecule has 0 aromatic carbocycles. The minimum atomic E-state index is -1.20. The predicted molar refractivity (Wildman–Crippen MR) is 138 cm³/mol. The van der Waals surface area contributed by atoms with Gasteiger partial charge in [0.05, 0.1) is 53.9 Å². The van der Waals surface area contributed by atoms with Gasteiger partial charge in [0.2, 0.25) is 5.91 Å². The van der Waals surface area contributed by atoms with Gasteiger partial charge in [0.1, 0.15) is 5.78 Å². The minimum absolute atomic E-state index is 0.0335. The van der Waals surface area contributed by atoms with E-state index >= 15 is 0 Å². The molecule has 7 nitrogen and oxygen atoms in total. The van der Waals surface area contributed by atoms with Crippen LogP contribution in [0.25, 0.3) is 6.08 Å². The molecule has 2 aliphatic heterocycles. The second kappa shape index (κ2) is 10.8. The molecule has 0 spiro atoms. The average Bonchev–Trinajstić information content (AvgIpc) is 3.31. The number of fused-ring (bicyclic) bond motifs is 1. The topological polar surface area (TPSA) is 112 Å². The maximum absolute atomic E-state index is 13.2. The van der Waals surface area contributed by atoms with Gasteiger partial charge in [-0.3, -0.25) is 9.59 Å². The summed E-state index contributed by atoms with van der Waals surface area (Å²) >= 11 is 1.31.